The van der Waals surface area contributed by atoms with Gasteiger partial charge >= 0.3 is 0 Å². The van der Waals surface area contributed by atoms with Crippen molar-refractivity contribution < 1.29 is 0 Å². The summed E-state index contributed by atoms with van der Waals surface area (Å²) in [5.41, 5.74) is 1.05. The van der Waals surface area contributed by atoms with Crippen LogP contribution in [0.2, 0.25) is 0 Å². The summed E-state index contributed by atoms with van der Waals surface area (Å²) in [6.07, 6.45) is 11.2. The summed E-state index contributed by atoms with van der Waals surface area (Å²) in [5, 5.41) is 0. The Morgan fingerprint density at radius 3 is 2.77 bits per heavy atom. The summed E-state index contributed by atoms with van der Waals surface area (Å²) < 4.78 is 1.92. The van der Waals surface area contributed by atoms with E-state index in [4.69, 9.17) is 4.98 Å². The predicted octanol–water partition coefficient (Wildman–Crippen LogP) is 2.40. The minimum Gasteiger partial charge on any atom is -0.332 e. The van der Waals surface area contributed by atoms with Gasteiger partial charge in [0.15, 0.2) is 0 Å². The van der Waals surface area contributed by atoms with Crippen LogP contribution in [0.25, 0.3) is 5.82 Å². The van der Waals surface area contributed by atoms with Gasteiger partial charge in [-0.3, -0.25) is 4.57 Å². The summed E-state index contributed by atoms with van der Waals surface area (Å²) in [5.74, 6) is 1.66. The Kier molecular flexibility index (Phi) is 3.27. The van der Waals surface area contributed by atoms with E-state index in [1.54, 1.807) is 24.9 Å². The second-order valence-corrected chi connectivity index (χ2v) is 5.29. The van der Waals surface area contributed by atoms with E-state index >= 15 is 0 Å². The van der Waals surface area contributed by atoms with E-state index in [-0.39, 0.29) is 6.04 Å². The first-order valence-electron chi connectivity index (χ1n) is 7.41. The molecule has 4 heterocycles. The van der Waals surface area contributed by atoms with E-state index in [2.05, 4.69) is 25.9 Å². The van der Waals surface area contributed by atoms with E-state index in [0.29, 0.717) is 0 Å². The number of hydrogen-bond acceptors (Lipinski definition) is 5. The van der Waals surface area contributed by atoms with Gasteiger partial charge in [0.05, 0.1) is 11.7 Å². The number of pyridine rings is 1. The molecule has 22 heavy (non-hydrogen) atoms. The summed E-state index contributed by atoms with van der Waals surface area (Å²) in [4.78, 5) is 19.9. The van der Waals surface area contributed by atoms with Crippen LogP contribution in [-0.2, 0) is 0 Å². The predicted molar refractivity (Wildman–Crippen MR) is 82.7 cm³/mol. The van der Waals surface area contributed by atoms with Gasteiger partial charge in [-0.1, -0.05) is 6.07 Å². The van der Waals surface area contributed by atoms with E-state index in [0.717, 1.165) is 36.8 Å². The molecule has 0 bridgehead atoms. The molecule has 1 saturated heterocycles. The van der Waals surface area contributed by atoms with Gasteiger partial charge < -0.3 is 4.90 Å². The van der Waals surface area contributed by atoms with Gasteiger partial charge in [-0.2, -0.15) is 0 Å². The molecular formula is C16H16N6. The van der Waals surface area contributed by atoms with Crippen molar-refractivity contribution in [1.29, 1.82) is 0 Å². The Bertz CT molecular complexity index is 740. The molecule has 0 radical (unpaired) electrons. The fourth-order valence-corrected chi connectivity index (χ4v) is 2.92. The molecule has 1 fully saturated rings. The van der Waals surface area contributed by atoms with Crippen molar-refractivity contribution in [3.8, 4) is 5.82 Å². The third-order valence-electron chi connectivity index (χ3n) is 3.93. The summed E-state index contributed by atoms with van der Waals surface area (Å²) in [7, 11) is 0. The zero-order valence-electron chi connectivity index (χ0n) is 12.1. The molecule has 1 aliphatic heterocycles. The third kappa shape index (κ3) is 2.32. The number of hydrogen-bond donors (Lipinski definition) is 0. The van der Waals surface area contributed by atoms with Crippen LogP contribution in [0.15, 0.2) is 55.4 Å². The SMILES string of the molecule is c1cnc(N2CCC[C@H]2c2cccc(-n3ccnc3)n2)nc1. The largest absolute Gasteiger partial charge is 0.332 e. The lowest BCUT2D eigenvalue weighted by molar-refractivity contribution is 0.676. The van der Waals surface area contributed by atoms with Crippen molar-refractivity contribution >= 4 is 5.95 Å². The molecule has 3 aromatic heterocycles. The summed E-state index contributed by atoms with van der Waals surface area (Å²) in [6, 6.07) is 8.17. The van der Waals surface area contributed by atoms with Gasteiger partial charge in [-0.05, 0) is 31.0 Å². The molecule has 0 aromatic carbocycles. The van der Waals surface area contributed by atoms with E-state index in [9.17, 15) is 0 Å². The molecule has 0 amide bonds. The van der Waals surface area contributed by atoms with Crippen LogP contribution in [-0.4, -0.2) is 31.0 Å². The van der Waals surface area contributed by atoms with Crippen molar-refractivity contribution in [2.24, 2.45) is 0 Å². The van der Waals surface area contributed by atoms with Gasteiger partial charge in [-0.25, -0.2) is 19.9 Å². The fourth-order valence-electron chi connectivity index (χ4n) is 2.92. The first-order valence-corrected chi connectivity index (χ1v) is 7.41. The molecule has 4 rings (SSSR count). The third-order valence-corrected chi connectivity index (χ3v) is 3.93. The molecule has 0 unspecified atom stereocenters. The summed E-state index contributed by atoms with van der Waals surface area (Å²) >= 11 is 0. The molecule has 6 heteroatoms. The number of rotatable bonds is 3. The highest BCUT2D eigenvalue weighted by atomic mass is 15.3. The second-order valence-electron chi connectivity index (χ2n) is 5.29. The van der Waals surface area contributed by atoms with Crippen LogP contribution in [0.3, 0.4) is 0 Å². The van der Waals surface area contributed by atoms with Crippen molar-refractivity contribution in [3.63, 3.8) is 0 Å². The fraction of sp³-hybridized carbons (Fsp3) is 0.250. The Morgan fingerprint density at radius 1 is 1.05 bits per heavy atom. The Balaban J connectivity index is 1.68. The van der Waals surface area contributed by atoms with E-state index in [1.165, 1.54) is 0 Å². The van der Waals surface area contributed by atoms with Crippen LogP contribution in [0.5, 0.6) is 0 Å². The van der Waals surface area contributed by atoms with Crippen LogP contribution in [0.1, 0.15) is 24.6 Å². The Labute approximate surface area is 128 Å². The molecule has 6 nitrogen and oxygen atoms in total. The quantitative estimate of drug-likeness (QED) is 0.742. The summed E-state index contributed by atoms with van der Waals surface area (Å²) in [6.45, 7) is 0.964. The molecule has 3 aromatic rings. The van der Waals surface area contributed by atoms with Crippen LogP contribution in [0, 0.1) is 0 Å². The van der Waals surface area contributed by atoms with Gasteiger partial charge in [0.25, 0.3) is 0 Å². The van der Waals surface area contributed by atoms with Gasteiger partial charge in [0.1, 0.15) is 12.1 Å². The smallest absolute Gasteiger partial charge is 0.225 e. The number of aromatic nitrogens is 5. The first kappa shape index (κ1) is 12.9. The van der Waals surface area contributed by atoms with Crippen LogP contribution < -0.4 is 4.90 Å². The molecule has 110 valence electrons. The number of imidazole rings is 1. The zero-order valence-corrected chi connectivity index (χ0v) is 12.1. The minimum atomic E-state index is 0.228. The number of anilines is 1. The second kappa shape index (κ2) is 5.55. The lowest BCUT2D eigenvalue weighted by Gasteiger charge is -2.24. The highest BCUT2D eigenvalue weighted by Gasteiger charge is 2.29. The topological polar surface area (TPSA) is 59.7 Å². The standard InChI is InChI=1S/C16H16N6/c1-4-13(20-15(6-1)21-11-9-17-12-21)14-5-2-10-22(14)16-18-7-3-8-19-16/h1,3-4,6-9,11-12,14H,2,5,10H2/t14-/m0/s1. The average Bonchev–Trinajstić information content (AvgIpc) is 3.27. The van der Waals surface area contributed by atoms with Gasteiger partial charge in [-0.15, -0.1) is 0 Å². The molecule has 0 aliphatic carbocycles. The lowest BCUT2D eigenvalue weighted by Crippen LogP contribution is -2.25. The maximum atomic E-state index is 4.80. The Morgan fingerprint density at radius 2 is 1.95 bits per heavy atom. The maximum absolute atomic E-state index is 4.80. The highest BCUT2D eigenvalue weighted by Crippen LogP contribution is 2.33. The average molecular weight is 292 g/mol. The first-order chi connectivity index (χ1) is 10.9. The zero-order chi connectivity index (χ0) is 14.8. The monoisotopic (exact) mass is 292 g/mol. The van der Waals surface area contributed by atoms with Crippen molar-refractivity contribution in [3.05, 3.63) is 61.1 Å². The van der Waals surface area contributed by atoms with Gasteiger partial charge in [0, 0.05) is 31.3 Å². The molecular weight excluding hydrogens is 276 g/mol. The van der Waals surface area contributed by atoms with E-state index in [1.807, 2.05) is 29.0 Å². The number of nitrogens with zero attached hydrogens (tertiary/aromatic N) is 6. The normalized spacial score (nSPS) is 17.8. The van der Waals surface area contributed by atoms with Crippen molar-refractivity contribution in [2.45, 2.75) is 18.9 Å². The van der Waals surface area contributed by atoms with Crippen LogP contribution in [0.4, 0.5) is 5.95 Å². The highest BCUT2D eigenvalue weighted by molar-refractivity contribution is 5.37. The van der Waals surface area contributed by atoms with Crippen LogP contribution >= 0.6 is 0 Å². The molecule has 0 N–H and O–H groups in total. The Hall–Kier alpha value is -2.76. The lowest BCUT2D eigenvalue weighted by atomic mass is 10.1. The molecule has 1 aliphatic rings. The van der Waals surface area contributed by atoms with E-state index < -0.39 is 0 Å². The van der Waals surface area contributed by atoms with Crippen molar-refractivity contribution in [2.75, 3.05) is 11.4 Å². The molecule has 0 saturated carbocycles. The van der Waals surface area contributed by atoms with Crippen molar-refractivity contribution in [1.82, 2.24) is 24.5 Å². The maximum Gasteiger partial charge on any atom is 0.225 e. The minimum absolute atomic E-state index is 0.228. The molecule has 0 spiro atoms. The van der Waals surface area contributed by atoms with Gasteiger partial charge in [0.2, 0.25) is 5.95 Å². The molecule has 1 atom stereocenters.